The second-order valence-corrected chi connectivity index (χ2v) is 8.74. The largest absolute Gasteiger partial charge is 0.476 e. The van der Waals surface area contributed by atoms with Gasteiger partial charge in [0.05, 0.1) is 23.5 Å². The highest BCUT2D eigenvalue weighted by Gasteiger charge is 2.29. The lowest BCUT2D eigenvalue weighted by molar-refractivity contribution is 0.0666. The maximum atomic E-state index is 13.1. The van der Waals surface area contributed by atoms with Gasteiger partial charge in [0, 0.05) is 21.2 Å². The highest BCUT2D eigenvalue weighted by molar-refractivity contribution is 6.31. The van der Waals surface area contributed by atoms with E-state index in [4.69, 9.17) is 23.2 Å². The molecule has 2 aromatic carbocycles. The Morgan fingerprint density at radius 2 is 1.30 bits per heavy atom. The van der Waals surface area contributed by atoms with E-state index < -0.39 is 29.7 Å². The molecule has 7 nitrogen and oxygen atoms in total. The summed E-state index contributed by atoms with van der Waals surface area (Å²) in [6.45, 7) is 0. The summed E-state index contributed by atoms with van der Waals surface area (Å²) < 4.78 is 0. The summed E-state index contributed by atoms with van der Waals surface area (Å²) in [5, 5.41) is 23.8. The zero-order chi connectivity index (χ0) is 23.5. The molecule has 0 radical (unpaired) electrons. The summed E-state index contributed by atoms with van der Waals surface area (Å²) in [7, 11) is 0. The third-order valence-electron chi connectivity index (χ3n) is 5.59. The summed E-state index contributed by atoms with van der Waals surface area (Å²) in [6.07, 6.45) is 2.24. The molecule has 1 aliphatic rings. The van der Waals surface area contributed by atoms with E-state index >= 15 is 0 Å². The molecule has 0 spiro atoms. The summed E-state index contributed by atoms with van der Waals surface area (Å²) in [5.41, 5.74) is 1.03. The van der Waals surface area contributed by atoms with Gasteiger partial charge in [0.25, 0.3) is 5.91 Å². The molecule has 1 saturated carbocycles. The number of hydrogen-bond acceptors (Lipinski definition) is 5. The molecule has 3 N–H and O–H groups in total. The topological polar surface area (TPSA) is 112 Å². The molecule has 0 saturated heterocycles. The van der Waals surface area contributed by atoms with E-state index in [0.717, 1.165) is 12.8 Å². The number of aromatic nitrogens is 2. The number of benzene rings is 2. The number of nitrogens with zero attached hydrogens (tertiary/aromatic N) is 2. The van der Waals surface area contributed by atoms with Crippen LogP contribution in [-0.4, -0.2) is 44.2 Å². The highest BCUT2D eigenvalue weighted by atomic mass is 35.5. The van der Waals surface area contributed by atoms with Crippen LogP contribution in [0.3, 0.4) is 0 Å². The molecular formula is C24H21Cl2N3O4. The van der Waals surface area contributed by atoms with Crippen molar-refractivity contribution in [2.75, 3.05) is 0 Å². The lowest BCUT2D eigenvalue weighted by Gasteiger charge is -2.28. The van der Waals surface area contributed by atoms with Crippen LogP contribution in [-0.2, 0) is 0 Å². The predicted molar refractivity (Wildman–Crippen MR) is 126 cm³/mol. The van der Waals surface area contributed by atoms with Crippen molar-refractivity contribution in [3.05, 3.63) is 70.0 Å². The molecule has 0 bridgehead atoms. The number of aliphatic hydroxyl groups excluding tert-OH is 1. The summed E-state index contributed by atoms with van der Waals surface area (Å²) in [5.74, 6) is -2.07. The maximum Gasteiger partial charge on any atom is 0.357 e. The lowest BCUT2D eigenvalue weighted by atomic mass is 9.92. The standard InChI is InChI=1S/C24H21Cl2N3O4/c25-15-9-5-13(6-10-15)19-20(14-7-11-16(26)12-8-14)29-22(24(32)33)21(28-19)23(31)27-17-3-1-2-4-18(17)30/h5-12,17-18,30H,1-4H2,(H,27,31)(H,32,33)/t17-,18+/m0/s1. The Hall–Kier alpha value is -3.00. The first kappa shape index (κ1) is 23.2. The number of aromatic carboxylic acids is 1. The van der Waals surface area contributed by atoms with Crippen molar-refractivity contribution in [2.24, 2.45) is 0 Å². The van der Waals surface area contributed by atoms with Gasteiger partial charge in [0.1, 0.15) is 0 Å². The Morgan fingerprint density at radius 3 is 1.79 bits per heavy atom. The number of rotatable bonds is 5. The van der Waals surface area contributed by atoms with Crippen LogP contribution in [0.25, 0.3) is 22.5 Å². The molecule has 4 rings (SSSR count). The fourth-order valence-corrected chi connectivity index (χ4v) is 4.13. The summed E-state index contributed by atoms with van der Waals surface area (Å²) in [4.78, 5) is 33.9. The van der Waals surface area contributed by atoms with E-state index in [0.29, 0.717) is 45.4 Å². The van der Waals surface area contributed by atoms with Gasteiger partial charge in [-0.15, -0.1) is 0 Å². The average molecular weight is 486 g/mol. The van der Waals surface area contributed by atoms with Gasteiger partial charge in [-0.1, -0.05) is 60.3 Å². The minimum absolute atomic E-state index is 0.292. The molecule has 2 atom stereocenters. The number of nitrogens with one attached hydrogen (secondary N) is 1. The van der Waals surface area contributed by atoms with Crippen molar-refractivity contribution in [3.63, 3.8) is 0 Å². The van der Waals surface area contributed by atoms with Gasteiger partial charge < -0.3 is 15.5 Å². The van der Waals surface area contributed by atoms with Gasteiger partial charge in [0.2, 0.25) is 0 Å². The van der Waals surface area contributed by atoms with E-state index in [2.05, 4.69) is 15.3 Å². The number of carbonyl (C=O) groups is 2. The lowest BCUT2D eigenvalue weighted by Crippen LogP contribution is -2.45. The van der Waals surface area contributed by atoms with Gasteiger partial charge in [-0.2, -0.15) is 0 Å². The Balaban J connectivity index is 1.85. The average Bonchev–Trinajstić information content (AvgIpc) is 2.81. The fourth-order valence-electron chi connectivity index (χ4n) is 3.88. The molecule has 3 aromatic rings. The molecular weight excluding hydrogens is 465 g/mol. The third kappa shape index (κ3) is 5.16. The molecule has 0 aliphatic heterocycles. The van der Waals surface area contributed by atoms with Crippen LogP contribution in [0.15, 0.2) is 48.5 Å². The molecule has 1 amide bonds. The smallest absolute Gasteiger partial charge is 0.357 e. The number of halogens is 2. The number of hydrogen-bond donors (Lipinski definition) is 3. The molecule has 1 aliphatic carbocycles. The molecule has 170 valence electrons. The number of amides is 1. The van der Waals surface area contributed by atoms with Gasteiger partial charge in [-0.3, -0.25) is 4.79 Å². The molecule has 1 heterocycles. The molecule has 1 aromatic heterocycles. The van der Waals surface area contributed by atoms with Gasteiger partial charge in [0.15, 0.2) is 11.4 Å². The Labute approximate surface area is 200 Å². The third-order valence-corrected chi connectivity index (χ3v) is 6.10. The van der Waals surface area contributed by atoms with Crippen LogP contribution in [0.1, 0.15) is 46.7 Å². The van der Waals surface area contributed by atoms with E-state index in [1.807, 2.05) is 0 Å². The minimum Gasteiger partial charge on any atom is -0.476 e. The zero-order valence-electron chi connectivity index (χ0n) is 17.5. The van der Waals surface area contributed by atoms with Crippen molar-refractivity contribution < 1.29 is 19.8 Å². The fraction of sp³-hybridized carbons (Fsp3) is 0.250. The second-order valence-electron chi connectivity index (χ2n) is 7.87. The minimum atomic E-state index is -1.38. The molecule has 0 unspecified atom stereocenters. The number of carboxylic acids is 1. The predicted octanol–water partition coefficient (Wildman–Crippen LogP) is 4.85. The first-order valence-electron chi connectivity index (χ1n) is 10.5. The van der Waals surface area contributed by atoms with Crippen LogP contribution < -0.4 is 5.32 Å². The SMILES string of the molecule is O=C(O)c1nc(-c2ccc(Cl)cc2)c(-c2ccc(Cl)cc2)nc1C(=O)N[C@H]1CCCC[C@H]1O. The van der Waals surface area contributed by atoms with E-state index in [-0.39, 0.29) is 5.69 Å². The quantitative estimate of drug-likeness (QED) is 0.476. The zero-order valence-corrected chi connectivity index (χ0v) is 19.0. The van der Waals surface area contributed by atoms with E-state index in [1.165, 1.54) is 0 Å². The Kier molecular flexibility index (Phi) is 6.93. The normalized spacial score (nSPS) is 18.0. The van der Waals surface area contributed by atoms with Crippen molar-refractivity contribution in [3.8, 4) is 22.5 Å². The summed E-state index contributed by atoms with van der Waals surface area (Å²) >= 11 is 12.0. The van der Waals surface area contributed by atoms with Gasteiger partial charge in [-0.05, 0) is 37.1 Å². The molecule has 9 heteroatoms. The molecule has 33 heavy (non-hydrogen) atoms. The highest BCUT2D eigenvalue weighted by Crippen LogP contribution is 2.32. The van der Waals surface area contributed by atoms with Crippen LogP contribution in [0.5, 0.6) is 0 Å². The first-order chi connectivity index (χ1) is 15.8. The van der Waals surface area contributed by atoms with Crippen LogP contribution in [0, 0.1) is 0 Å². The first-order valence-corrected chi connectivity index (χ1v) is 11.2. The van der Waals surface area contributed by atoms with Crippen LogP contribution in [0.4, 0.5) is 0 Å². The number of carbonyl (C=O) groups excluding carboxylic acids is 1. The van der Waals surface area contributed by atoms with Crippen molar-refractivity contribution in [1.29, 1.82) is 0 Å². The Bertz CT molecular complexity index is 1180. The van der Waals surface area contributed by atoms with Crippen molar-refractivity contribution in [2.45, 2.75) is 37.8 Å². The van der Waals surface area contributed by atoms with Crippen LogP contribution in [0.2, 0.25) is 10.0 Å². The van der Waals surface area contributed by atoms with Crippen molar-refractivity contribution >= 4 is 35.1 Å². The Morgan fingerprint density at radius 1 is 0.818 bits per heavy atom. The van der Waals surface area contributed by atoms with E-state index in [1.54, 1.807) is 48.5 Å². The number of carboxylic acid groups (broad SMARTS) is 1. The maximum absolute atomic E-state index is 13.1. The van der Waals surface area contributed by atoms with E-state index in [9.17, 15) is 19.8 Å². The van der Waals surface area contributed by atoms with Gasteiger partial charge in [-0.25, -0.2) is 14.8 Å². The van der Waals surface area contributed by atoms with Crippen molar-refractivity contribution in [1.82, 2.24) is 15.3 Å². The molecule has 1 fully saturated rings. The van der Waals surface area contributed by atoms with Gasteiger partial charge >= 0.3 is 5.97 Å². The summed E-state index contributed by atoms with van der Waals surface area (Å²) in [6, 6.07) is 13.1. The van der Waals surface area contributed by atoms with Crippen LogP contribution >= 0.6 is 23.2 Å². The monoisotopic (exact) mass is 485 g/mol. The second kappa shape index (κ2) is 9.87. The number of aliphatic hydroxyl groups is 1.